The molecule has 2 rings (SSSR count). The number of nitrogens with one attached hydrogen (secondary N) is 1. The van der Waals surface area contributed by atoms with Crippen LogP contribution in [0.25, 0.3) is 0 Å². The maximum absolute atomic E-state index is 13.8. The van der Waals surface area contributed by atoms with Crippen molar-refractivity contribution in [1.29, 1.82) is 0 Å². The molecule has 1 saturated heterocycles. The van der Waals surface area contributed by atoms with Crippen molar-refractivity contribution in [3.63, 3.8) is 0 Å². The van der Waals surface area contributed by atoms with Gasteiger partial charge in [-0.05, 0) is 25.0 Å². The highest BCUT2D eigenvalue weighted by atomic mass is 35.5. The summed E-state index contributed by atoms with van der Waals surface area (Å²) in [7, 11) is 1.25. The normalized spacial score (nSPS) is 20.1. The van der Waals surface area contributed by atoms with Gasteiger partial charge < -0.3 is 15.0 Å². The zero-order chi connectivity index (χ0) is 18.6. The van der Waals surface area contributed by atoms with E-state index in [2.05, 4.69) is 5.32 Å². The van der Waals surface area contributed by atoms with Crippen molar-refractivity contribution in [2.75, 3.05) is 13.7 Å². The van der Waals surface area contributed by atoms with Crippen LogP contribution in [-0.4, -0.2) is 48.4 Å². The highest BCUT2D eigenvalue weighted by molar-refractivity contribution is 6.31. The molecule has 25 heavy (non-hydrogen) atoms. The van der Waals surface area contributed by atoms with Crippen LogP contribution in [0.2, 0.25) is 5.02 Å². The summed E-state index contributed by atoms with van der Waals surface area (Å²) >= 11 is 5.93. The Morgan fingerprint density at radius 1 is 1.40 bits per heavy atom. The predicted octanol–water partition coefficient (Wildman–Crippen LogP) is 1.69. The first-order valence-electron chi connectivity index (χ1n) is 7.90. The molecule has 0 radical (unpaired) electrons. The van der Waals surface area contributed by atoms with Gasteiger partial charge in [-0.3, -0.25) is 9.59 Å². The zero-order valence-electron chi connectivity index (χ0n) is 14.1. The number of hydrogen-bond donors (Lipinski definition) is 1. The second-order valence-electron chi connectivity index (χ2n) is 5.92. The smallest absolute Gasteiger partial charge is 0.328 e. The van der Waals surface area contributed by atoms with Crippen molar-refractivity contribution >= 4 is 29.4 Å². The van der Waals surface area contributed by atoms with Gasteiger partial charge in [0.2, 0.25) is 11.8 Å². The number of nitrogens with zero attached hydrogens (tertiary/aromatic N) is 1. The molecule has 2 atom stereocenters. The molecule has 2 amide bonds. The molecule has 1 fully saturated rings. The van der Waals surface area contributed by atoms with E-state index >= 15 is 0 Å². The van der Waals surface area contributed by atoms with Crippen molar-refractivity contribution in [2.45, 2.75) is 38.3 Å². The molecule has 1 aromatic rings. The fourth-order valence-corrected chi connectivity index (χ4v) is 3.20. The molecule has 1 aliphatic heterocycles. The van der Waals surface area contributed by atoms with Gasteiger partial charge in [-0.2, -0.15) is 0 Å². The van der Waals surface area contributed by atoms with Gasteiger partial charge in [-0.1, -0.05) is 17.7 Å². The molecule has 0 saturated carbocycles. The van der Waals surface area contributed by atoms with E-state index < -0.39 is 23.7 Å². The Balaban J connectivity index is 2.01. The Labute approximate surface area is 150 Å². The van der Waals surface area contributed by atoms with Crippen LogP contribution in [0, 0.1) is 5.82 Å². The average molecular weight is 371 g/mol. The number of hydrogen-bond acceptors (Lipinski definition) is 4. The van der Waals surface area contributed by atoms with Crippen LogP contribution >= 0.6 is 11.6 Å². The van der Waals surface area contributed by atoms with Gasteiger partial charge in [0.1, 0.15) is 11.9 Å². The summed E-state index contributed by atoms with van der Waals surface area (Å²) in [6.07, 6.45) is 0.564. The van der Waals surface area contributed by atoms with E-state index in [0.29, 0.717) is 13.0 Å². The number of esters is 1. The SMILES string of the molecule is COC(=O)C1CC(NC(=O)Cc2c(F)cccc2Cl)CCN1C(C)=O. The van der Waals surface area contributed by atoms with Gasteiger partial charge in [-0.15, -0.1) is 0 Å². The van der Waals surface area contributed by atoms with E-state index in [1.807, 2.05) is 0 Å². The highest BCUT2D eigenvalue weighted by Gasteiger charge is 2.36. The number of rotatable bonds is 4. The number of likely N-dealkylation sites (tertiary alicyclic amines) is 1. The third-order valence-corrected chi connectivity index (χ3v) is 4.60. The molecule has 1 aromatic carbocycles. The molecule has 0 bridgehead atoms. The molecule has 0 aromatic heterocycles. The first-order valence-corrected chi connectivity index (χ1v) is 8.28. The summed E-state index contributed by atoms with van der Waals surface area (Å²) in [6, 6.07) is 3.19. The minimum Gasteiger partial charge on any atom is -0.467 e. The fourth-order valence-electron chi connectivity index (χ4n) is 2.97. The van der Waals surface area contributed by atoms with Gasteiger partial charge in [0.05, 0.1) is 13.5 Å². The Morgan fingerprint density at radius 2 is 2.12 bits per heavy atom. The maximum Gasteiger partial charge on any atom is 0.328 e. The Hall–Kier alpha value is -2.15. The number of ether oxygens (including phenoxy) is 1. The lowest BCUT2D eigenvalue weighted by Crippen LogP contribution is -2.54. The average Bonchev–Trinajstić information content (AvgIpc) is 2.57. The van der Waals surface area contributed by atoms with E-state index in [4.69, 9.17) is 16.3 Å². The van der Waals surface area contributed by atoms with Crippen LogP contribution in [0.4, 0.5) is 4.39 Å². The van der Waals surface area contributed by atoms with Crippen molar-refractivity contribution in [3.05, 3.63) is 34.6 Å². The first kappa shape index (κ1) is 19.2. The third kappa shape index (κ3) is 4.69. The Bertz CT molecular complexity index is 662. The van der Waals surface area contributed by atoms with E-state index in [1.165, 1.54) is 37.1 Å². The summed E-state index contributed by atoms with van der Waals surface area (Å²) in [6.45, 7) is 1.72. The minimum absolute atomic E-state index is 0.132. The molecule has 136 valence electrons. The molecule has 0 spiro atoms. The van der Waals surface area contributed by atoms with E-state index in [-0.39, 0.29) is 35.4 Å². The summed E-state index contributed by atoms with van der Waals surface area (Å²) < 4.78 is 18.5. The second kappa shape index (κ2) is 8.29. The lowest BCUT2D eigenvalue weighted by Gasteiger charge is -2.37. The lowest BCUT2D eigenvalue weighted by atomic mass is 9.96. The van der Waals surface area contributed by atoms with Crippen molar-refractivity contribution in [3.8, 4) is 0 Å². The number of carbonyl (C=O) groups is 3. The van der Waals surface area contributed by atoms with Gasteiger partial charge in [0.25, 0.3) is 0 Å². The molecular weight excluding hydrogens is 351 g/mol. The summed E-state index contributed by atoms with van der Waals surface area (Å²) in [5, 5.41) is 2.97. The topological polar surface area (TPSA) is 75.7 Å². The summed E-state index contributed by atoms with van der Waals surface area (Å²) in [5.74, 6) is -1.68. The lowest BCUT2D eigenvalue weighted by molar-refractivity contribution is -0.154. The Kier molecular flexibility index (Phi) is 6.36. The van der Waals surface area contributed by atoms with E-state index in [9.17, 15) is 18.8 Å². The predicted molar refractivity (Wildman–Crippen MR) is 89.5 cm³/mol. The Morgan fingerprint density at radius 3 is 2.72 bits per heavy atom. The largest absolute Gasteiger partial charge is 0.467 e. The molecular formula is C17H20ClFN2O4. The van der Waals surface area contributed by atoms with Crippen LogP contribution in [0.1, 0.15) is 25.3 Å². The van der Waals surface area contributed by atoms with Crippen molar-refractivity contribution in [1.82, 2.24) is 10.2 Å². The van der Waals surface area contributed by atoms with Crippen LogP contribution in [0.5, 0.6) is 0 Å². The molecule has 6 nitrogen and oxygen atoms in total. The number of halogens is 2. The van der Waals surface area contributed by atoms with Crippen LogP contribution in [0.15, 0.2) is 18.2 Å². The minimum atomic E-state index is -0.737. The quantitative estimate of drug-likeness (QED) is 0.818. The van der Waals surface area contributed by atoms with E-state index in [1.54, 1.807) is 0 Å². The number of carbonyl (C=O) groups excluding carboxylic acids is 3. The van der Waals surface area contributed by atoms with Crippen molar-refractivity contribution < 1.29 is 23.5 Å². The zero-order valence-corrected chi connectivity index (χ0v) is 14.8. The maximum atomic E-state index is 13.8. The van der Waals surface area contributed by atoms with Gasteiger partial charge in [0.15, 0.2) is 0 Å². The molecule has 8 heteroatoms. The summed E-state index contributed by atoms with van der Waals surface area (Å²) in [4.78, 5) is 37.2. The monoisotopic (exact) mass is 370 g/mol. The van der Waals surface area contributed by atoms with Crippen molar-refractivity contribution in [2.24, 2.45) is 0 Å². The number of benzene rings is 1. The summed E-state index contributed by atoms with van der Waals surface area (Å²) in [5.41, 5.74) is 0.132. The molecule has 1 heterocycles. The molecule has 1 aliphatic rings. The van der Waals surface area contributed by atoms with Gasteiger partial charge in [-0.25, -0.2) is 9.18 Å². The van der Waals surface area contributed by atoms with E-state index in [0.717, 1.165) is 0 Å². The molecule has 2 unspecified atom stereocenters. The van der Waals surface area contributed by atoms with Gasteiger partial charge >= 0.3 is 5.97 Å². The standard InChI is InChI=1S/C17H20ClFN2O4/c1-10(22)21-7-6-11(8-15(21)17(24)25-2)20-16(23)9-12-13(18)4-3-5-14(12)19/h3-5,11,15H,6-9H2,1-2H3,(H,20,23). The van der Waals surface area contributed by atoms with Gasteiger partial charge in [0, 0.05) is 30.1 Å². The number of amides is 2. The molecule has 0 aliphatic carbocycles. The van der Waals surface area contributed by atoms with Crippen LogP contribution in [-0.2, 0) is 25.5 Å². The first-order chi connectivity index (χ1) is 11.8. The second-order valence-corrected chi connectivity index (χ2v) is 6.32. The number of methoxy groups -OCH3 is 1. The third-order valence-electron chi connectivity index (χ3n) is 4.24. The van der Waals surface area contributed by atoms with Crippen LogP contribution in [0.3, 0.4) is 0 Å². The molecule has 1 N–H and O–H groups in total. The van der Waals surface area contributed by atoms with Crippen LogP contribution < -0.4 is 5.32 Å². The highest BCUT2D eigenvalue weighted by Crippen LogP contribution is 2.21. The fraction of sp³-hybridized carbons (Fsp3) is 0.471. The number of piperidine rings is 1.